The first-order chi connectivity index (χ1) is 11.1. The number of carboxylic acids is 1. The Labute approximate surface area is 135 Å². The van der Waals surface area contributed by atoms with Gasteiger partial charge < -0.3 is 9.84 Å². The summed E-state index contributed by atoms with van der Waals surface area (Å²) in [4.78, 5) is 16.4. The van der Waals surface area contributed by atoms with Gasteiger partial charge in [-0.3, -0.25) is 4.40 Å². The molecule has 0 spiro atoms. The van der Waals surface area contributed by atoms with Gasteiger partial charge in [0.05, 0.1) is 24.6 Å². The number of hydrogen-bond donors (Lipinski definition) is 1. The SMILES string of the molecule is CO/C=C(/Cc1csc2nc(-c3ccc(F)cc3)cn12)C(=O)O. The second kappa shape index (κ2) is 6.21. The van der Waals surface area contributed by atoms with E-state index in [1.54, 1.807) is 12.1 Å². The van der Waals surface area contributed by atoms with Crippen LogP contribution >= 0.6 is 11.3 Å². The van der Waals surface area contributed by atoms with Gasteiger partial charge in [-0.2, -0.15) is 0 Å². The minimum atomic E-state index is -1.02. The number of imidazole rings is 1. The second-order valence-corrected chi connectivity index (χ2v) is 5.71. The number of nitrogens with zero attached hydrogens (tertiary/aromatic N) is 2. The number of carboxylic acid groups (broad SMARTS) is 1. The third kappa shape index (κ3) is 3.09. The molecule has 7 heteroatoms. The molecule has 23 heavy (non-hydrogen) atoms. The number of fused-ring (bicyclic) bond motifs is 1. The predicted molar refractivity (Wildman–Crippen MR) is 84.9 cm³/mol. The number of thiazole rings is 1. The van der Waals surface area contributed by atoms with Gasteiger partial charge in [0, 0.05) is 29.3 Å². The van der Waals surface area contributed by atoms with Gasteiger partial charge in [0.2, 0.25) is 0 Å². The minimum absolute atomic E-state index is 0.157. The molecule has 3 aromatic rings. The fourth-order valence-corrected chi connectivity index (χ4v) is 3.09. The van der Waals surface area contributed by atoms with Crippen LogP contribution < -0.4 is 0 Å². The summed E-state index contributed by atoms with van der Waals surface area (Å²) >= 11 is 1.42. The lowest BCUT2D eigenvalue weighted by Gasteiger charge is -2.01. The third-order valence-corrected chi connectivity index (χ3v) is 4.22. The van der Waals surface area contributed by atoms with Crippen LogP contribution in [0.15, 0.2) is 47.7 Å². The monoisotopic (exact) mass is 332 g/mol. The molecule has 0 aliphatic heterocycles. The van der Waals surface area contributed by atoms with Gasteiger partial charge in [-0.25, -0.2) is 14.2 Å². The van der Waals surface area contributed by atoms with E-state index in [0.29, 0.717) is 5.69 Å². The normalized spacial score (nSPS) is 11.8. The molecule has 0 saturated carbocycles. The van der Waals surface area contributed by atoms with Gasteiger partial charge in [-0.05, 0) is 24.3 Å². The summed E-state index contributed by atoms with van der Waals surface area (Å²) in [7, 11) is 1.41. The number of methoxy groups -OCH3 is 1. The van der Waals surface area contributed by atoms with E-state index in [1.165, 1.54) is 36.8 Å². The van der Waals surface area contributed by atoms with Gasteiger partial charge in [-0.1, -0.05) is 0 Å². The molecule has 0 unspecified atom stereocenters. The summed E-state index contributed by atoms with van der Waals surface area (Å²) in [5, 5.41) is 11.0. The fourth-order valence-electron chi connectivity index (χ4n) is 2.22. The zero-order valence-electron chi connectivity index (χ0n) is 12.2. The molecule has 5 nitrogen and oxygen atoms in total. The number of aliphatic carboxylic acids is 1. The van der Waals surface area contributed by atoms with Gasteiger partial charge >= 0.3 is 5.97 Å². The first-order valence-corrected chi connectivity index (χ1v) is 7.63. The number of hydrogen-bond acceptors (Lipinski definition) is 4. The van der Waals surface area contributed by atoms with Crippen LogP contribution in [-0.4, -0.2) is 27.6 Å². The van der Waals surface area contributed by atoms with Crippen molar-refractivity contribution in [3.63, 3.8) is 0 Å². The van der Waals surface area contributed by atoms with Crippen LogP contribution in [0.4, 0.5) is 4.39 Å². The number of rotatable bonds is 5. The van der Waals surface area contributed by atoms with E-state index in [0.717, 1.165) is 16.2 Å². The molecule has 0 fully saturated rings. The molecule has 0 aliphatic rings. The summed E-state index contributed by atoms with van der Waals surface area (Å²) in [5.74, 6) is -1.32. The lowest BCUT2D eigenvalue weighted by molar-refractivity contribution is -0.132. The molecular weight excluding hydrogens is 319 g/mol. The highest BCUT2D eigenvalue weighted by Gasteiger charge is 2.14. The molecule has 0 saturated heterocycles. The van der Waals surface area contributed by atoms with Crippen LogP contribution in [0.1, 0.15) is 5.69 Å². The fraction of sp³-hybridized carbons (Fsp3) is 0.125. The molecule has 118 valence electrons. The highest BCUT2D eigenvalue weighted by molar-refractivity contribution is 7.15. The van der Waals surface area contributed by atoms with Gasteiger partial charge in [0.15, 0.2) is 4.96 Å². The van der Waals surface area contributed by atoms with Crippen molar-refractivity contribution in [2.24, 2.45) is 0 Å². The van der Waals surface area contributed by atoms with Crippen LogP contribution in [0.3, 0.4) is 0 Å². The van der Waals surface area contributed by atoms with E-state index in [1.807, 2.05) is 16.0 Å². The Bertz CT molecular complexity index is 881. The maximum Gasteiger partial charge on any atom is 0.335 e. The number of ether oxygens (including phenoxy) is 1. The van der Waals surface area contributed by atoms with E-state index in [9.17, 15) is 14.3 Å². The number of halogens is 1. The Morgan fingerprint density at radius 1 is 1.43 bits per heavy atom. The Balaban J connectivity index is 1.96. The molecule has 0 amide bonds. The summed E-state index contributed by atoms with van der Waals surface area (Å²) in [6, 6.07) is 6.09. The van der Waals surface area contributed by atoms with Crippen molar-refractivity contribution < 1.29 is 19.0 Å². The highest BCUT2D eigenvalue weighted by atomic mass is 32.1. The van der Waals surface area contributed by atoms with E-state index in [2.05, 4.69) is 4.98 Å². The molecule has 0 atom stereocenters. The zero-order chi connectivity index (χ0) is 16.4. The van der Waals surface area contributed by atoms with Crippen molar-refractivity contribution in [1.82, 2.24) is 9.38 Å². The van der Waals surface area contributed by atoms with Crippen LogP contribution in [0.5, 0.6) is 0 Å². The van der Waals surface area contributed by atoms with Crippen LogP contribution in [0.25, 0.3) is 16.2 Å². The standard InChI is InChI=1S/C16H13FN2O3S/c1-22-8-11(15(20)21)6-13-9-23-16-18-14(7-19(13)16)10-2-4-12(17)5-3-10/h2-5,7-9H,6H2,1H3,(H,20,21)/b11-8-. The van der Waals surface area contributed by atoms with Gasteiger partial charge in [0.1, 0.15) is 5.82 Å². The summed E-state index contributed by atoms with van der Waals surface area (Å²) in [6.45, 7) is 0. The van der Waals surface area contributed by atoms with Crippen molar-refractivity contribution in [2.75, 3.05) is 7.11 Å². The van der Waals surface area contributed by atoms with Crippen molar-refractivity contribution in [3.8, 4) is 11.3 Å². The summed E-state index contributed by atoms with van der Waals surface area (Å²) in [5.41, 5.74) is 2.48. The summed E-state index contributed by atoms with van der Waals surface area (Å²) < 4.78 is 19.7. The second-order valence-electron chi connectivity index (χ2n) is 4.87. The molecular formula is C16H13FN2O3S. The Morgan fingerprint density at radius 2 is 2.17 bits per heavy atom. The Morgan fingerprint density at radius 3 is 2.83 bits per heavy atom. The molecule has 3 rings (SSSR count). The minimum Gasteiger partial charge on any atom is -0.504 e. The maximum atomic E-state index is 13.0. The molecule has 2 aromatic heterocycles. The molecule has 1 aromatic carbocycles. The van der Waals surface area contributed by atoms with Crippen molar-refractivity contribution >= 4 is 22.3 Å². The average Bonchev–Trinajstić information content (AvgIpc) is 3.09. The molecule has 0 bridgehead atoms. The number of aromatic nitrogens is 2. The highest BCUT2D eigenvalue weighted by Crippen LogP contribution is 2.25. The molecule has 1 N–H and O–H groups in total. The number of carbonyl (C=O) groups is 1. The van der Waals surface area contributed by atoms with Crippen LogP contribution in [-0.2, 0) is 16.0 Å². The van der Waals surface area contributed by atoms with Gasteiger partial charge in [-0.15, -0.1) is 11.3 Å². The average molecular weight is 332 g/mol. The molecule has 0 aliphatic carbocycles. The molecule has 2 heterocycles. The quantitative estimate of drug-likeness (QED) is 0.575. The van der Waals surface area contributed by atoms with E-state index in [-0.39, 0.29) is 17.8 Å². The van der Waals surface area contributed by atoms with Gasteiger partial charge in [0.25, 0.3) is 0 Å². The Kier molecular flexibility index (Phi) is 4.12. The Hall–Kier alpha value is -2.67. The van der Waals surface area contributed by atoms with Crippen molar-refractivity contribution in [3.05, 3.63) is 59.2 Å². The lowest BCUT2D eigenvalue weighted by Crippen LogP contribution is -2.05. The first kappa shape index (κ1) is 15.2. The third-order valence-electron chi connectivity index (χ3n) is 3.33. The maximum absolute atomic E-state index is 13.0. The van der Waals surface area contributed by atoms with E-state index < -0.39 is 5.97 Å². The largest absolute Gasteiger partial charge is 0.504 e. The van der Waals surface area contributed by atoms with E-state index in [4.69, 9.17) is 4.74 Å². The lowest BCUT2D eigenvalue weighted by atomic mass is 10.1. The first-order valence-electron chi connectivity index (χ1n) is 6.75. The van der Waals surface area contributed by atoms with Crippen LogP contribution in [0, 0.1) is 5.82 Å². The van der Waals surface area contributed by atoms with Crippen molar-refractivity contribution in [1.29, 1.82) is 0 Å². The molecule has 0 radical (unpaired) electrons. The predicted octanol–water partition coefficient (Wildman–Crippen LogP) is 3.36. The summed E-state index contributed by atoms with van der Waals surface area (Å²) in [6.07, 6.45) is 3.27. The topological polar surface area (TPSA) is 63.8 Å². The van der Waals surface area contributed by atoms with Crippen molar-refractivity contribution in [2.45, 2.75) is 6.42 Å². The van der Waals surface area contributed by atoms with Crippen LogP contribution in [0.2, 0.25) is 0 Å². The van der Waals surface area contributed by atoms with E-state index >= 15 is 0 Å². The zero-order valence-corrected chi connectivity index (χ0v) is 13.0. The number of benzene rings is 1. The smallest absolute Gasteiger partial charge is 0.335 e.